The first-order valence-corrected chi connectivity index (χ1v) is 10.8. The van der Waals surface area contributed by atoms with Gasteiger partial charge in [0.25, 0.3) is 0 Å². The smallest absolute Gasteiger partial charge is 0.320 e. The quantitative estimate of drug-likeness (QED) is 0.858. The Morgan fingerprint density at radius 2 is 2.04 bits per heavy atom. The van der Waals surface area contributed by atoms with Gasteiger partial charge in [0, 0.05) is 23.7 Å². The third-order valence-corrected chi connectivity index (χ3v) is 6.41. The number of rotatable bonds is 5. The number of likely N-dealkylation sites (tertiary alicyclic amines) is 1. The minimum atomic E-state index is -3.21. The van der Waals surface area contributed by atoms with Crippen LogP contribution in [-0.4, -0.2) is 48.2 Å². The maximum atomic E-state index is 11.5. The van der Waals surface area contributed by atoms with Crippen molar-refractivity contribution in [3.05, 3.63) is 35.3 Å². The van der Waals surface area contributed by atoms with Crippen LogP contribution >= 0.6 is 11.3 Å². The molecule has 1 saturated heterocycles. The molecule has 0 bridgehead atoms. The van der Waals surface area contributed by atoms with E-state index in [1.54, 1.807) is 24.3 Å². The highest BCUT2D eigenvalue weighted by Gasteiger charge is 2.28. The van der Waals surface area contributed by atoms with E-state index in [-0.39, 0.29) is 4.90 Å². The summed E-state index contributed by atoms with van der Waals surface area (Å²) in [5, 5.41) is 12.1. The van der Waals surface area contributed by atoms with Gasteiger partial charge < -0.3 is 5.11 Å². The second-order valence-corrected chi connectivity index (χ2v) is 9.13. The molecule has 8 heteroatoms. The van der Waals surface area contributed by atoms with E-state index in [2.05, 4.69) is 4.98 Å². The molecule has 1 aliphatic heterocycles. The molecule has 1 unspecified atom stereocenters. The van der Waals surface area contributed by atoms with Gasteiger partial charge in [-0.25, -0.2) is 13.4 Å². The summed E-state index contributed by atoms with van der Waals surface area (Å²) >= 11 is 1.48. The third-order valence-electron chi connectivity index (χ3n) is 4.34. The Morgan fingerprint density at radius 3 is 2.68 bits per heavy atom. The number of hydrogen-bond donors (Lipinski definition) is 1. The Bertz CT molecular complexity index is 859. The summed E-state index contributed by atoms with van der Waals surface area (Å²) < 4.78 is 23.1. The van der Waals surface area contributed by atoms with E-state index < -0.39 is 21.8 Å². The van der Waals surface area contributed by atoms with Crippen molar-refractivity contribution in [1.29, 1.82) is 0 Å². The molecule has 0 amide bonds. The van der Waals surface area contributed by atoms with Crippen molar-refractivity contribution in [2.24, 2.45) is 0 Å². The fourth-order valence-corrected chi connectivity index (χ4v) is 4.47. The second-order valence-electron chi connectivity index (χ2n) is 6.26. The van der Waals surface area contributed by atoms with Gasteiger partial charge in [-0.3, -0.25) is 9.69 Å². The largest absolute Gasteiger partial charge is 0.480 e. The minimum absolute atomic E-state index is 0.283. The van der Waals surface area contributed by atoms with Crippen LogP contribution in [0.4, 0.5) is 0 Å². The lowest BCUT2D eigenvalue weighted by Crippen LogP contribution is -2.44. The molecule has 25 heavy (non-hydrogen) atoms. The molecule has 134 valence electrons. The first kappa shape index (κ1) is 18.0. The molecule has 0 aliphatic carbocycles. The van der Waals surface area contributed by atoms with E-state index in [4.69, 9.17) is 0 Å². The number of aliphatic carboxylic acids is 1. The van der Waals surface area contributed by atoms with E-state index in [0.717, 1.165) is 35.7 Å². The molecule has 3 rings (SSSR count). The number of thiazole rings is 1. The van der Waals surface area contributed by atoms with Gasteiger partial charge in [0.05, 0.1) is 10.6 Å². The molecule has 1 aliphatic rings. The van der Waals surface area contributed by atoms with Crippen molar-refractivity contribution >= 4 is 27.1 Å². The fourth-order valence-electron chi connectivity index (χ4n) is 3.02. The lowest BCUT2D eigenvalue weighted by atomic mass is 10.0. The molecular weight excluding hydrogens is 360 g/mol. The van der Waals surface area contributed by atoms with Crippen LogP contribution in [0.5, 0.6) is 0 Å². The number of aromatic nitrogens is 1. The predicted octanol–water partition coefficient (Wildman–Crippen LogP) is 2.65. The molecular formula is C17H20N2O4S2. The molecule has 0 spiro atoms. The molecule has 1 N–H and O–H groups in total. The number of carbonyl (C=O) groups is 1. The Hall–Kier alpha value is -1.77. The van der Waals surface area contributed by atoms with Gasteiger partial charge >= 0.3 is 5.97 Å². The van der Waals surface area contributed by atoms with Gasteiger partial charge in [0.1, 0.15) is 11.0 Å². The van der Waals surface area contributed by atoms with Crippen molar-refractivity contribution in [3.8, 4) is 10.6 Å². The van der Waals surface area contributed by atoms with Crippen LogP contribution in [0.3, 0.4) is 0 Å². The van der Waals surface area contributed by atoms with Gasteiger partial charge in [-0.05, 0) is 31.5 Å². The fraction of sp³-hybridized carbons (Fsp3) is 0.412. The van der Waals surface area contributed by atoms with Gasteiger partial charge in [0.2, 0.25) is 0 Å². The lowest BCUT2D eigenvalue weighted by molar-refractivity contribution is -0.144. The van der Waals surface area contributed by atoms with Crippen molar-refractivity contribution in [1.82, 2.24) is 9.88 Å². The summed E-state index contributed by atoms with van der Waals surface area (Å²) in [6.45, 7) is 1.29. The van der Waals surface area contributed by atoms with Gasteiger partial charge in [-0.2, -0.15) is 0 Å². The average molecular weight is 380 g/mol. The van der Waals surface area contributed by atoms with E-state index in [1.165, 1.54) is 17.6 Å². The number of hydrogen-bond acceptors (Lipinski definition) is 6. The normalized spacial score (nSPS) is 19.0. The Labute approximate surface area is 151 Å². The van der Waals surface area contributed by atoms with E-state index in [1.807, 2.05) is 10.3 Å². The van der Waals surface area contributed by atoms with Crippen LogP contribution in [0.15, 0.2) is 34.5 Å². The first-order chi connectivity index (χ1) is 11.8. The Morgan fingerprint density at radius 1 is 1.32 bits per heavy atom. The van der Waals surface area contributed by atoms with Crippen molar-refractivity contribution in [2.45, 2.75) is 36.7 Å². The van der Waals surface area contributed by atoms with E-state index >= 15 is 0 Å². The zero-order valence-corrected chi connectivity index (χ0v) is 15.5. The summed E-state index contributed by atoms with van der Waals surface area (Å²) in [5.41, 5.74) is 1.71. The molecule has 0 saturated carbocycles. The maximum absolute atomic E-state index is 11.5. The van der Waals surface area contributed by atoms with Crippen LogP contribution in [0.25, 0.3) is 10.6 Å². The average Bonchev–Trinajstić information content (AvgIpc) is 3.03. The summed E-state index contributed by atoms with van der Waals surface area (Å²) in [4.78, 5) is 18.2. The van der Waals surface area contributed by atoms with Gasteiger partial charge in [-0.15, -0.1) is 11.3 Å². The second kappa shape index (κ2) is 7.23. The molecule has 1 atom stereocenters. The number of sulfone groups is 1. The number of carboxylic acid groups (broad SMARTS) is 1. The number of benzene rings is 1. The van der Waals surface area contributed by atoms with Crippen molar-refractivity contribution in [3.63, 3.8) is 0 Å². The summed E-state index contributed by atoms with van der Waals surface area (Å²) in [6, 6.07) is 6.22. The topological polar surface area (TPSA) is 87.6 Å². The van der Waals surface area contributed by atoms with Crippen LogP contribution in [0, 0.1) is 0 Å². The SMILES string of the molecule is CS(=O)(=O)c1ccc(-c2nc(CN3CCCCC3C(=O)O)cs2)cc1. The van der Waals surface area contributed by atoms with E-state index in [9.17, 15) is 18.3 Å². The summed E-state index contributed by atoms with van der Waals surface area (Å²) in [7, 11) is -3.21. The number of carboxylic acids is 1. The zero-order chi connectivity index (χ0) is 18.0. The molecule has 1 aromatic carbocycles. The molecule has 6 nitrogen and oxygen atoms in total. The molecule has 1 fully saturated rings. The summed E-state index contributed by atoms with van der Waals surface area (Å²) in [5.74, 6) is -0.772. The Kier molecular flexibility index (Phi) is 5.21. The summed E-state index contributed by atoms with van der Waals surface area (Å²) in [6.07, 6.45) is 3.82. The van der Waals surface area contributed by atoms with Crippen LogP contribution in [0.2, 0.25) is 0 Å². The monoisotopic (exact) mass is 380 g/mol. The lowest BCUT2D eigenvalue weighted by Gasteiger charge is -2.32. The third kappa shape index (κ3) is 4.26. The molecule has 2 heterocycles. The van der Waals surface area contributed by atoms with Crippen LogP contribution < -0.4 is 0 Å². The maximum Gasteiger partial charge on any atom is 0.320 e. The molecule has 2 aromatic rings. The molecule has 1 aromatic heterocycles. The van der Waals surface area contributed by atoms with Gasteiger partial charge in [-0.1, -0.05) is 18.6 Å². The Balaban J connectivity index is 1.75. The molecule has 0 radical (unpaired) electrons. The number of piperidine rings is 1. The highest BCUT2D eigenvalue weighted by Crippen LogP contribution is 2.27. The standard InChI is InChI=1S/C17H20N2O4S2/c1-25(22,23)14-7-5-12(6-8-14)16-18-13(11-24-16)10-19-9-3-2-4-15(19)17(20)21/h5-8,11,15H,2-4,9-10H2,1H3,(H,20,21). The van der Waals surface area contributed by atoms with E-state index in [0.29, 0.717) is 13.0 Å². The first-order valence-electron chi connectivity index (χ1n) is 8.06. The van der Waals surface area contributed by atoms with Crippen molar-refractivity contribution < 1.29 is 18.3 Å². The van der Waals surface area contributed by atoms with Crippen LogP contribution in [-0.2, 0) is 21.2 Å². The van der Waals surface area contributed by atoms with Gasteiger partial charge in [0.15, 0.2) is 9.84 Å². The minimum Gasteiger partial charge on any atom is -0.480 e. The highest BCUT2D eigenvalue weighted by atomic mass is 32.2. The highest BCUT2D eigenvalue weighted by molar-refractivity contribution is 7.90. The zero-order valence-electron chi connectivity index (χ0n) is 13.9. The predicted molar refractivity (Wildman–Crippen MR) is 96.3 cm³/mol. The van der Waals surface area contributed by atoms with Crippen molar-refractivity contribution in [2.75, 3.05) is 12.8 Å². The number of nitrogens with zero attached hydrogens (tertiary/aromatic N) is 2. The van der Waals surface area contributed by atoms with Crippen LogP contribution in [0.1, 0.15) is 25.0 Å².